The lowest BCUT2D eigenvalue weighted by Crippen LogP contribution is -2.14. The fourth-order valence-electron chi connectivity index (χ4n) is 1.18. The summed E-state index contributed by atoms with van der Waals surface area (Å²) < 4.78 is 1.74. The Labute approximate surface area is 74.1 Å². The van der Waals surface area contributed by atoms with E-state index in [2.05, 4.69) is 20.8 Å². The Morgan fingerprint density at radius 3 is 3.33 bits per heavy atom. The molecule has 66 valence electrons. The zero-order valence-corrected chi connectivity index (χ0v) is 7.04. The molecular formula is C5H9ClN6. The van der Waals surface area contributed by atoms with Crippen LogP contribution in [0.15, 0.2) is 0 Å². The van der Waals surface area contributed by atoms with Crippen molar-refractivity contribution in [1.29, 1.82) is 0 Å². The molecule has 1 aliphatic rings. The van der Waals surface area contributed by atoms with Crippen molar-refractivity contribution in [1.82, 2.24) is 14.8 Å². The third kappa shape index (κ3) is 0.997. The second-order valence-corrected chi connectivity index (χ2v) is 2.85. The first kappa shape index (κ1) is 7.63. The fraction of sp³-hybridized carbons (Fsp3) is 0.600. The molecule has 2 rings (SSSR count). The van der Waals surface area contributed by atoms with Gasteiger partial charge in [0.2, 0.25) is 5.95 Å². The zero-order chi connectivity index (χ0) is 8.55. The van der Waals surface area contributed by atoms with Crippen LogP contribution < -0.4 is 16.6 Å². The van der Waals surface area contributed by atoms with Gasteiger partial charge in [-0.15, -0.1) is 16.7 Å². The van der Waals surface area contributed by atoms with Crippen LogP contribution in [-0.2, 0) is 0 Å². The molecule has 0 aliphatic carbocycles. The van der Waals surface area contributed by atoms with Gasteiger partial charge >= 0.3 is 0 Å². The van der Waals surface area contributed by atoms with Gasteiger partial charge in [0.05, 0.1) is 6.04 Å². The summed E-state index contributed by atoms with van der Waals surface area (Å²) in [5.41, 5.74) is 2.37. The quantitative estimate of drug-likeness (QED) is 0.339. The van der Waals surface area contributed by atoms with E-state index in [1.807, 2.05) is 0 Å². The molecule has 1 aliphatic heterocycles. The smallest absolute Gasteiger partial charge is 0.258 e. The predicted octanol–water partition coefficient (Wildman–Crippen LogP) is -0.231. The van der Waals surface area contributed by atoms with Crippen molar-refractivity contribution in [3.63, 3.8) is 0 Å². The van der Waals surface area contributed by atoms with E-state index in [4.69, 9.17) is 17.4 Å². The Morgan fingerprint density at radius 2 is 2.67 bits per heavy atom. The number of aromatic nitrogens is 3. The minimum Gasteiger partial charge on any atom is -0.352 e. The summed E-state index contributed by atoms with van der Waals surface area (Å²) in [6, 6.07) is 0.177. The zero-order valence-electron chi connectivity index (χ0n) is 6.29. The maximum atomic E-state index is 5.71. The van der Waals surface area contributed by atoms with Crippen molar-refractivity contribution in [2.24, 2.45) is 5.84 Å². The SMILES string of the molecule is NNc1nc2n(n1)C(CCl)CN2. The topological polar surface area (TPSA) is 80.8 Å². The Morgan fingerprint density at radius 1 is 1.83 bits per heavy atom. The molecule has 7 heteroatoms. The highest BCUT2D eigenvalue weighted by molar-refractivity contribution is 6.18. The molecule has 0 spiro atoms. The summed E-state index contributed by atoms with van der Waals surface area (Å²) in [7, 11) is 0. The standard InChI is InChI=1S/C5H9ClN6/c6-1-3-2-8-5-9-4(10-7)11-12(3)5/h3H,1-2,7H2,(H2,8,9,10,11). The highest BCUT2D eigenvalue weighted by Crippen LogP contribution is 2.22. The lowest BCUT2D eigenvalue weighted by Gasteiger charge is -2.03. The van der Waals surface area contributed by atoms with Crippen LogP contribution in [0.2, 0.25) is 0 Å². The van der Waals surface area contributed by atoms with Crippen LogP contribution in [0.3, 0.4) is 0 Å². The second kappa shape index (κ2) is 2.80. The summed E-state index contributed by atoms with van der Waals surface area (Å²) in [4.78, 5) is 4.05. The molecule has 1 unspecified atom stereocenters. The van der Waals surface area contributed by atoms with E-state index in [0.29, 0.717) is 17.8 Å². The van der Waals surface area contributed by atoms with Crippen molar-refractivity contribution >= 4 is 23.5 Å². The van der Waals surface area contributed by atoms with Gasteiger partial charge in [-0.25, -0.2) is 10.5 Å². The molecule has 1 aromatic heterocycles. The van der Waals surface area contributed by atoms with E-state index < -0.39 is 0 Å². The first-order chi connectivity index (χ1) is 5.85. The summed E-state index contributed by atoms with van der Waals surface area (Å²) in [5.74, 6) is 6.80. The Balaban J connectivity index is 2.31. The second-order valence-electron chi connectivity index (χ2n) is 2.54. The highest BCUT2D eigenvalue weighted by atomic mass is 35.5. The number of nitrogens with zero attached hydrogens (tertiary/aromatic N) is 3. The lowest BCUT2D eigenvalue weighted by atomic mass is 10.4. The summed E-state index contributed by atoms with van der Waals surface area (Å²) in [6.45, 7) is 0.781. The van der Waals surface area contributed by atoms with Crippen LogP contribution >= 0.6 is 11.6 Å². The van der Waals surface area contributed by atoms with Crippen molar-refractivity contribution in [2.45, 2.75) is 6.04 Å². The van der Waals surface area contributed by atoms with Crippen molar-refractivity contribution in [3.05, 3.63) is 0 Å². The van der Waals surface area contributed by atoms with Crippen LogP contribution in [0, 0.1) is 0 Å². The van der Waals surface area contributed by atoms with Gasteiger partial charge in [0.25, 0.3) is 5.95 Å². The van der Waals surface area contributed by atoms with E-state index in [1.165, 1.54) is 0 Å². The van der Waals surface area contributed by atoms with Crippen LogP contribution in [-0.4, -0.2) is 27.2 Å². The van der Waals surface area contributed by atoms with Gasteiger partial charge in [0, 0.05) is 12.4 Å². The number of anilines is 2. The molecular weight excluding hydrogens is 180 g/mol. The number of hydrogen-bond donors (Lipinski definition) is 3. The third-order valence-electron chi connectivity index (χ3n) is 1.78. The maximum absolute atomic E-state index is 5.71. The highest BCUT2D eigenvalue weighted by Gasteiger charge is 2.23. The molecule has 2 heterocycles. The molecule has 6 nitrogen and oxygen atoms in total. The minimum atomic E-state index is 0.177. The van der Waals surface area contributed by atoms with Gasteiger partial charge in [-0.3, -0.25) is 5.43 Å². The minimum absolute atomic E-state index is 0.177. The molecule has 4 N–H and O–H groups in total. The van der Waals surface area contributed by atoms with E-state index in [1.54, 1.807) is 4.68 Å². The maximum Gasteiger partial charge on any atom is 0.258 e. The molecule has 0 fully saturated rings. The van der Waals surface area contributed by atoms with Crippen LogP contribution in [0.5, 0.6) is 0 Å². The van der Waals surface area contributed by atoms with E-state index in [0.717, 1.165) is 6.54 Å². The van der Waals surface area contributed by atoms with Gasteiger partial charge in [-0.1, -0.05) is 0 Å². The number of rotatable bonds is 2. The molecule has 1 atom stereocenters. The molecule has 0 radical (unpaired) electrons. The van der Waals surface area contributed by atoms with Crippen LogP contribution in [0.1, 0.15) is 6.04 Å². The molecule has 1 aromatic rings. The summed E-state index contributed by atoms with van der Waals surface area (Å²) in [6.07, 6.45) is 0. The molecule has 0 amide bonds. The van der Waals surface area contributed by atoms with Gasteiger partial charge < -0.3 is 5.32 Å². The van der Waals surface area contributed by atoms with E-state index in [9.17, 15) is 0 Å². The van der Waals surface area contributed by atoms with Crippen molar-refractivity contribution < 1.29 is 0 Å². The number of hydrazine groups is 1. The Kier molecular flexibility index (Phi) is 1.78. The molecule has 0 saturated carbocycles. The number of hydrogen-bond acceptors (Lipinski definition) is 5. The average Bonchev–Trinajstić information content (AvgIpc) is 2.61. The molecule has 0 bridgehead atoms. The first-order valence-electron chi connectivity index (χ1n) is 3.58. The van der Waals surface area contributed by atoms with Gasteiger partial charge in [0.15, 0.2) is 0 Å². The summed E-state index contributed by atoms with van der Waals surface area (Å²) >= 11 is 5.71. The third-order valence-corrected chi connectivity index (χ3v) is 2.14. The number of alkyl halides is 1. The van der Waals surface area contributed by atoms with Gasteiger partial charge in [0.1, 0.15) is 0 Å². The largest absolute Gasteiger partial charge is 0.352 e. The number of fused-ring (bicyclic) bond motifs is 1. The van der Waals surface area contributed by atoms with Gasteiger partial charge in [-0.05, 0) is 0 Å². The number of nitrogens with two attached hydrogens (primary N) is 1. The molecule has 0 aromatic carbocycles. The fourth-order valence-corrected chi connectivity index (χ4v) is 1.41. The normalized spacial score (nSPS) is 20.3. The first-order valence-corrected chi connectivity index (χ1v) is 4.11. The molecule has 12 heavy (non-hydrogen) atoms. The molecule has 0 saturated heterocycles. The number of halogens is 1. The number of nitrogens with one attached hydrogen (secondary N) is 2. The monoisotopic (exact) mass is 188 g/mol. The van der Waals surface area contributed by atoms with Crippen LogP contribution in [0.25, 0.3) is 0 Å². The van der Waals surface area contributed by atoms with Crippen LogP contribution in [0.4, 0.5) is 11.9 Å². The number of nitrogen functional groups attached to an aromatic ring is 1. The average molecular weight is 189 g/mol. The Bertz CT molecular complexity index is 283. The Hall–Kier alpha value is -1.01. The van der Waals surface area contributed by atoms with Gasteiger partial charge in [-0.2, -0.15) is 4.98 Å². The van der Waals surface area contributed by atoms with E-state index >= 15 is 0 Å². The van der Waals surface area contributed by atoms with Crippen molar-refractivity contribution in [2.75, 3.05) is 23.2 Å². The predicted molar refractivity (Wildman–Crippen MR) is 46.1 cm³/mol. The summed E-state index contributed by atoms with van der Waals surface area (Å²) in [5, 5.41) is 7.15. The van der Waals surface area contributed by atoms with Crippen molar-refractivity contribution in [3.8, 4) is 0 Å². The van der Waals surface area contributed by atoms with E-state index in [-0.39, 0.29) is 6.04 Å². The lowest BCUT2D eigenvalue weighted by molar-refractivity contribution is 0.567.